The summed E-state index contributed by atoms with van der Waals surface area (Å²) in [7, 11) is 0. The number of carbonyl (C=O) groups excluding carboxylic acids is 1. The number of hydrogen-bond donors (Lipinski definition) is 0. The Labute approximate surface area is 132 Å². The first-order valence-electron chi connectivity index (χ1n) is 6.49. The second kappa shape index (κ2) is 5.88. The maximum atomic E-state index is 12.1. The molecule has 1 aliphatic heterocycles. The third-order valence-electron chi connectivity index (χ3n) is 3.36. The lowest BCUT2D eigenvalue weighted by molar-refractivity contribution is -0.131. The highest BCUT2D eigenvalue weighted by Gasteiger charge is 2.21. The van der Waals surface area contributed by atoms with Gasteiger partial charge in [0.15, 0.2) is 0 Å². The van der Waals surface area contributed by atoms with Gasteiger partial charge < -0.3 is 0 Å². The molecular formula is C16H12Cl2N2O. The van der Waals surface area contributed by atoms with E-state index in [2.05, 4.69) is 5.10 Å². The summed E-state index contributed by atoms with van der Waals surface area (Å²) in [5, 5.41) is 6.70. The molecule has 1 amide bonds. The summed E-state index contributed by atoms with van der Waals surface area (Å²) in [4.78, 5) is 12.1. The highest BCUT2D eigenvalue weighted by molar-refractivity contribution is 6.42. The smallest absolute Gasteiger partial charge is 0.247 e. The van der Waals surface area contributed by atoms with Crippen molar-refractivity contribution in [2.24, 2.45) is 5.10 Å². The number of carbonyl (C=O) groups is 1. The molecule has 0 fully saturated rings. The molecule has 0 saturated heterocycles. The fourth-order valence-electron chi connectivity index (χ4n) is 2.22. The van der Waals surface area contributed by atoms with Crippen LogP contribution in [0.4, 0.5) is 0 Å². The third kappa shape index (κ3) is 3.09. The van der Waals surface area contributed by atoms with Crippen molar-refractivity contribution in [3.63, 3.8) is 0 Å². The number of benzene rings is 2. The molecular weight excluding hydrogens is 307 g/mol. The van der Waals surface area contributed by atoms with Crippen LogP contribution in [0.25, 0.3) is 0 Å². The number of fused-ring (bicyclic) bond motifs is 1. The SMILES string of the molecule is O=C1Cc2ccccc2CN1/N=C/c1ccc(Cl)c(Cl)c1. The number of amides is 1. The van der Waals surface area contributed by atoms with Crippen LogP contribution in [0.5, 0.6) is 0 Å². The van der Waals surface area contributed by atoms with E-state index in [1.54, 1.807) is 24.4 Å². The Hall–Kier alpha value is -1.84. The Morgan fingerprint density at radius 3 is 2.57 bits per heavy atom. The van der Waals surface area contributed by atoms with Gasteiger partial charge in [-0.3, -0.25) is 4.79 Å². The van der Waals surface area contributed by atoms with E-state index >= 15 is 0 Å². The predicted octanol–water partition coefficient (Wildman–Crippen LogP) is 3.91. The molecule has 0 atom stereocenters. The summed E-state index contributed by atoms with van der Waals surface area (Å²) in [5.74, 6) is -0.00925. The van der Waals surface area contributed by atoms with Crippen LogP contribution in [-0.2, 0) is 17.8 Å². The molecule has 1 heterocycles. The van der Waals surface area contributed by atoms with Gasteiger partial charge in [0.1, 0.15) is 0 Å². The molecule has 0 N–H and O–H groups in total. The third-order valence-corrected chi connectivity index (χ3v) is 4.10. The van der Waals surface area contributed by atoms with Crippen molar-refractivity contribution in [1.29, 1.82) is 0 Å². The minimum absolute atomic E-state index is 0.00925. The van der Waals surface area contributed by atoms with Crippen LogP contribution >= 0.6 is 23.2 Å². The van der Waals surface area contributed by atoms with Crippen LogP contribution in [0.2, 0.25) is 10.0 Å². The number of nitrogens with zero attached hydrogens (tertiary/aromatic N) is 2. The van der Waals surface area contributed by atoms with Gasteiger partial charge in [-0.05, 0) is 28.8 Å². The van der Waals surface area contributed by atoms with Crippen molar-refractivity contribution in [3.05, 3.63) is 69.2 Å². The van der Waals surface area contributed by atoms with Crippen LogP contribution in [0.3, 0.4) is 0 Å². The van der Waals surface area contributed by atoms with Crippen molar-refractivity contribution in [2.75, 3.05) is 0 Å². The lowest BCUT2D eigenvalue weighted by Crippen LogP contribution is -2.32. The maximum absolute atomic E-state index is 12.1. The first-order chi connectivity index (χ1) is 10.1. The summed E-state index contributed by atoms with van der Waals surface area (Å²) in [6.07, 6.45) is 2.00. The average molecular weight is 319 g/mol. The van der Waals surface area contributed by atoms with Crippen LogP contribution < -0.4 is 0 Å². The standard InChI is InChI=1S/C16H12Cl2N2O/c17-14-6-5-11(7-15(14)18)9-19-20-10-13-4-2-1-3-12(13)8-16(20)21/h1-7,9H,8,10H2/b19-9+. The summed E-state index contributed by atoms with van der Waals surface area (Å²) in [6.45, 7) is 0.493. The van der Waals surface area contributed by atoms with Crippen LogP contribution in [-0.4, -0.2) is 17.1 Å². The number of halogens is 2. The van der Waals surface area contributed by atoms with E-state index in [1.807, 2.05) is 24.3 Å². The average Bonchev–Trinajstić information content (AvgIpc) is 2.48. The van der Waals surface area contributed by atoms with Crippen LogP contribution in [0.15, 0.2) is 47.6 Å². The van der Waals surface area contributed by atoms with Gasteiger partial charge in [-0.2, -0.15) is 5.10 Å². The Morgan fingerprint density at radius 1 is 1.05 bits per heavy atom. The highest BCUT2D eigenvalue weighted by Crippen LogP contribution is 2.22. The largest absolute Gasteiger partial charge is 0.273 e. The lowest BCUT2D eigenvalue weighted by Gasteiger charge is -2.24. The zero-order valence-corrected chi connectivity index (χ0v) is 12.6. The molecule has 0 spiro atoms. The molecule has 0 unspecified atom stereocenters. The molecule has 21 heavy (non-hydrogen) atoms. The molecule has 5 heteroatoms. The van der Waals surface area contributed by atoms with E-state index in [9.17, 15) is 4.79 Å². The molecule has 1 aliphatic rings. The van der Waals surface area contributed by atoms with Gasteiger partial charge >= 0.3 is 0 Å². The second-order valence-electron chi connectivity index (χ2n) is 4.81. The molecule has 3 nitrogen and oxygen atoms in total. The molecule has 0 saturated carbocycles. The molecule has 0 radical (unpaired) electrons. The van der Waals surface area contributed by atoms with Crippen molar-refractivity contribution < 1.29 is 4.79 Å². The van der Waals surface area contributed by atoms with Gasteiger partial charge in [0, 0.05) is 0 Å². The van der Waals surface area contributed by atoms with Crippen LogP contribution in [0.1, 0.15) is 16.7 Å². The van der Waals surface area contributed by atoms with E-state index < -0.39 is 0 Å². The maximum Gasteiger partial charge on any atom is 0.247 e. The first-order valence-corrected chi connectivity index (χ1v) is 7.25. The molecule has 2 aromatic carbocycles. The summed E-state index contributed by atoms with van der Waals surface area (Å²) >= 11 is 11.8. The Bertz CT molecular complexity index is 728. The Balaban J connectivity index is 1.80. The van der Waals surface area contributed by atoms with Gasteiger partial charge in [-0.25, -0.2) is 5.01 Å². The second-order valence-corrected chi connectivity index (χ2v) is 5.63. The van der Waals surface area contributed by atoms with Gasteiger partial charge in [0.05, 0.1) is 29.2 Å². The van der Waals surface area contributed by atoms with Gasteiger partial charge in [-0.1, -0.05) is 53.5 Å². The normalized spacial score (nSPS) is 14.6. The van der Waals surface area contributed by atoms with E-state index in [4.69, 9.17) is 23.2 Å². The van der Waals surface area contributed by atoms with Gasteiger partial charge in [0.2, 0.25) is 5.91 Å². The predicted molar refractivity (Wildman–Crippen MR) is 84.8 cm³/mol. The molecule has 0 aliphatic carbocycles. The Morgan fingerprint density at radius 2 is 1.81 bits per heavy atom. The quantitative estimate of drug-likeness (QED) is 0.773. The number of hydrazone groups is 1. The minimum Gasteiger partial charge on any atom is -0.273 e. The fourth-order valence-corrected chi connectivity index (χ4v) is 2.53. The van der Waals surface area contributed by atoms with Crippen LogP contribution in [0, 0.1) is 0 Å². The summed E-state index contributed by atoms with van der Waals surface area (Å²) in [6, 6.07) is 13.1. The van der Waals surface area contributed by atoms with Crippen molar-refractivity contribution >= 4 is 35.3 Å². The number of hydrogen-bond acceptors (Lipinski definition) is 2. The van der Waals surface area contributed by atoms with Crippen molar-refractivity contribution in [1.82, 2.24) is 5.01 Å². The lowest BCUT2D eigenvalue weighted by atomic mass is 10.0. The molecule has 2 aromatic rings. The monoisotopic (exact) mass is 318 g/mol. The van der Waals surface area contributed by atoms with Crippen molar-refractivity contribution in [2.45, 2.75) is 13.0 Å². The molecule has 106 valence electrons. The van der Waals surface area contributed by atoms with E-state index in [0.29, 0.717) is 23.0 Å². The highest BCUT2D eigenvalue weighted by atomic mass is 35.5. The Kier molecular flexibility index (Phi) is 3.95. The summed E-state index contributed by atoms with van der Waals surface area (Å²) < 4.78 is 0. The first kappa shape index (κ1) is 14.1. The van der Waals surface area contributed by atoms with E-state index in [0.717, 1.165) is 16.7 Å². The fraction of sp³-hybridized carbons (Fsp3) is 0.125. The van der Waals surface area contributed by atoms with E-state index in [-0.39, 0.29) is 5.91 Å². The molecule has 0 bridgehead atoms. The summed E-state index contributed by atoms with van der Waals surface area (Å²) in [5.41, 5.74) is 3.00. The minimum atomic E-state index is -0.00925. The number of rotatable bonds is 2. The van der Waals surface area contributed by atoms with Gasteiger partial charge in [-0.15, -0.1) is 0 Å². The zero-order chi connectivity index (χ0) is 14.8. The van der Waals surface area contributed by atoms with Gasteiger partial charge in [0.25, 0.3) is 0 Å². The van der Waals surface area contributed by atoms with Crippen molar-refractivity contribution in [3.8, 4) is 0 Å². The molecule has 0 aromatic heterocycles. The zero-order valence-electron chi connectivity index (χ0n) is 11.1. The topological polar surface area (TPSA) is 32.7 Å². The van der Waals surface area contributed by atoms with E-state index in [1.165, 1.54) is 5.01 Å². The molecule has 3 rings (SSSR count).